The fraction of sp³-hybridized carbons (Fsp3) is 0. The van der Waals surface area contributed by atoms with Crippen molar-refractivity contribution >= 4 is 71.6 Å². The standard InChI is InChI=1S/C52H34N2O/c1-2-13-37-32-38(25-24-35(37)12-1)36-26-29-40(30-27-36)53(41-14-11-15-42(34-41)54-49-21-8-4-17-44(49)45-18-5-9-22-50(45)54)48-20-7-3-16-43(48)39-28-31-52-47(33-39)46-19-6-10-23-51(46)55-52/h1-34H. The lowest BCUT2D eigenvalue weighted by molar-refractivity contribution is 0.669. The molecule has 0 unspecified atom stereocenters. The molecule has 0 atom stereocenters. The average Bonchev–Trinajstić information content (AvgIpc) is 3.80. The van der Waals surface area contributed by atoms with Gasteiger partial charge in [-0.25, -0.2) is 0 Å². The molecule has 0 aliphatic rings. The van der Waals surface area contributed by atoms with Gasteiger partial charge in [-0.15, -0.1) is 0 Å². The third kappa shape index (κ3) is 5.20. The van der Waals surface area contributed by atoms with E-state index in [-0.39, 0.29) is 0 Å². The van der Waals surface area contributed by atoms with Crippen LogP contribution in [0.5, 0.6) is 0 Å². The minimum Gasteiger partial charge on any atom is -0.456 e. The summed E-state index contributed by atoms with van der Waals surface area (Å²) in [7, 11) is 0. The Morgan fingerprint density at radius 1 is 0.364 bits per heavy atom. The highest BCUT2D eigenvalue weighted by Crippen LogP contribution is 2.44. The maximum absolute atomic E-state index is 6.23. The van der Waals surface area contributed by atoms with Crippen molar-refractivity contribution in [1.82, 2.24) is 4.57 Å². The van der Waals surface area contributed by atoms with E-state index in [4.69, 9.17) is 4.42 Å². The van der Waals surface area contributed by atoms with Crippen LogP contribution >= 0.6 is 0 Å². The Balaban J connectivity index is 1.10. The number of fused-ring (bicyclic) bond motifs is 7. The molecule has 0 saturated heterocycles. The molecule has 0 radical (unpaired) electrons. The van der Waals surface area contributed by atoms with Crippen LogP contribution in [0.1, 0.15) is 0 Å². The second-order valence-corrected chi connectivity index (χ2v) is 14.2. The first-order valence-electron chi connectivity index (χ1n) is 18.8. The average molecular weight is 703 g/mol. The summed E-state index contributed by atoms with van der Waals surface area (Å²) in [6.45, 7) is 0. The predicted octanol–water partition coefficient (Wildman–Crippen LogP) is 14.6. The summed E-state index contributed by atoms with van der Waals surface area (Å²) in [6.07, 6.45) is 0. The van der Waals surface area contributed by atoms with E-state index >= 15 is 0 Å². The fourth-order valence-corrected chi connectivity index (χ4v) is 8.38. The number of hydrogen-bond donors (Lipinski definition) is 0. The van der Waals surface area contributed by atoms with E-state index in [0.717, 1.165) is 55.8 Å². The Morgan fingerprint density at radius 2 is 1.00 bits per heavy atom. The smallest absolute Gasteiger partial charge is 0.135 e. The molecule has 0 N–H and O–H groups in total. The molecule has 55 heavy (non-hydrogen) atoms. The highest BCUT2D eigenvalue weighted by molar-refractivity contribution is 6.09. The summed E-state index contributed by atoms with van der Waals surface area (Å²) in [4.78, 5) is 2.40. The normalized spacial score (nSPS) is 11.6. The maximum atomic E-state index is 6.23. The van der Waals surface area contributed by atoms with Gasteiger partial charge in [0.25, 0.3) is 0 Å². The van der Waals surface area contributed by atoms with E-state index in [1.807, 2.05) is 12.1 Å². The number of furan rings is 1. The SMILES string of the molecule is c1cc(N(c2ccc(-c3ccc4ccccc4c3)cc2)c2ccccc2-c2ccc3oc4ccccc4c3c2)cc(-n2c3ccccc3c3ccccc32)c1. The van der Waals surface area contributed by atoms with Crippen LogP contribution < -0.4 is 4.90 Å². The van der Waals surface area contributed by atoms with Crippen molar-refractivity contribution in [3.8, 4) is 27.9 Å². The number of para-hydroxylation sites is 4. The maximum Gasteiger partial charge on any atom is 0.135 e. The van der Waals surface area contributed by atoms with E-state index in [2.05, 4.69) is 204 Å². The number of rotatable bonds is 6. The monoisotopic (exact) mass is 702 g/mol. The van der Waals surface area contributed by atoms with Crippen LogP contribution in [0.2, 0.25) is 0 Å². The molecule has 0 amide bonds. The predicted molar refractivity (Wildman–Crippen MR) is 231 cm³/mol. The van der Waals surface area contributed by atoms with Gasteiger partial charge in [-0.3, -0.25) is 0 Å². The van der Waals surface area contributed by atoms with Gasteiger partial charge in [0.05, 0.1) is 16.7 Å². The van der Waals surface area contributed by atoms with E-state index in [1.165, 1.54) is 43.7 Å². The zero-order valence-electron chi connectivity index (χ0n) is 29.9. The Bertz CT molecular complexity index is 3170. The summed E-state index contributed by atoms with van der Waals surface area (Å²) < 4.78 is 8.62. The number of anilines is 3. The summed E-state index contributed by atoms with van der Waals surface area (Å²) in [5, 5.41) is 7.22. The molecule has 0 fully saturated rings. The van der Waals surface area contributed by atoms with Crippen molar-refractivity contribution in [2.75, 3.05) is 4.90 Å². The van der Waals surface area contributed by atoms with Gasteiger partial charge in [0.15, 0.2) is 0 Å². The Morgan fingerprint density at radius 3 is 1.82 bits per heavy atom. The van der Waals surface area contributed by atoms with Gasteiger partial charge in [-0.05, 0) is 100 Å². The Hall–Kier alpha value is -7.36. The highest BCUT2D eigenvalue weighted by atomic mass is 16.3. The lowest BCUT2D eigenvalue weighted by atomic mass is 9.99. The van der Waals surface area contributed by atoms with Crippen LogP contribution in [-0.2, 0) is 0 Å². The van der Waals surface area contributed by atoms with E-state index in [0.29, 0.717) is 0 Å². The second-order valence-electron chi connectivity index (χ2n) is 14.2. The molecule has 9 aromatic carbocycles. The fourth-order valence-electron chi connectivity index (χ4n) is 8.38. The minimum atomic E-state index is 0.891. The number of benzene rings is 9. The molecule has 2 aromatic heterocycles. The molecule has 11 rings (SSSR count). The van der Waals surface area contributed by atoms with Crippen molar-refractivity contribution in [3.63, 3.8) is 0 Å². The van der Waals surface area contributed by atoms with E-state index in [9.17, 15) is 0 Å². The zero-order chi connectivity index (χ0) is 36.3. The van der Waals surface area contributed by atoms with Gasteiger partial charge in [0, 0.05) is 44.2 Å². The lowest BCUT2D eigenvalue weighted by Gasteiger charge is -2.28. The zero-order valence-corrected chi connectivity index (χ0v) is 29.9. The van der Waals surface area contributed by atoms with Crippen molar-refractivity contribution in [1.29, 1.82) is 0 Å². The molecule has 11 aromatic rings. The number of hydrogen-bond acceptors (Lipinski definition) is 2. The molecule has 2 heterocycles. The van der Waals surface area contributed by atoms with Crippen LogP contribution in [0.3, 0.4) is 0 Å². The Kier molecular flexibility index (Phi) is 7.17. The molecule has 0 bridgehead atoms. The highest BCUT2D eigenvalue weighted by Gasteiger charge is 2.20. The number of aromatic nitrogens is 1. The summed E-state index contributed by atoms with van der Waals surface area (Å²) in [5.74, 6) is 0. The van der Waals surface area contributed by atoms with Gasteiger partial charge in [0.2, 0.25) is 0 Å². The first kappa shape index (κ1) is 31.2. The largest absolute Gasteiger partial charge is 0.456 e. The molecule has 3 nitrogen and oxygen atoms in total. The lowest BCUT2D eigenvalue weighted by Crippen LogP contribution is -2.11. The quantitative estimate of drug-likeness (QED) is 0.172. The number of nitrogens with zero attached hydrogens (tertiary/aromatic N) is 2. The van der Waals surface area contributed by atoms with Crippen molar-refractivity contribution in [3.05, 3.63) is 206 Å². The summed E-state index contributed by atoms with van der Waals surface area (Å²) in [6, 6.07) is 74.1. The van der Waals surface area contributed by atoms with Gasteiger partial charge >= 0.3 is 0 Å². The Labute approximate surface area is 318 Å². The third-order valence-corrected chi connectivity index (χ3v) is 11.0. The molecule has 0 spiro atoms. The van der Waals surface area contributed by atoms with E-state index in [1.54, 1.807) is 0 Å². The molecule has 258 valence electrons. The second kappa shape index (κ2) is 12.6. The van der Waals surface area contributed by atoms with Crippen LogP contribution in [-0.4, -0.2) is 4.57 Å². The molecule has 0 aliphatic heterocycles. The van der Waals surface area contributed by atoms with Gasteiger partial charge in [0.1, 0.15) is 11.2 Å². The molecular formula is C52H34N2O. The van der Waals surface area contributed by atoms with Gasteiger partial charge < -0.3 is 13.9 Å². The molecule has 0 aliphatic carbocycles. The minimum absolute atomic E-state index is 0.891. The topological polar surface area (TPSA) is 21.3 Å². The van der Waals surface area contributed by atoms with Gasteiger partial charge in [-0.2, -0.15) is 0 Å². The van der Waals surface area contributed by atoms with E-state index < -0.39 is 0 Å². The van der Waals surface area contributed by atoms with Crippen molar-refractivity contribution in [2.24, 2.45) is 0 Å². The van der Waals surface area contributed by atoms with Crippen LogP contribution in [0, 0.1) is 0 Å². The van der Waals surface area contributed by atoms with Gasteiger partial charge in [-0.1, -0.05) is 133 Å². The van der Waals surface area contributed by atoms with Crippen LogP contribution in [0.4, 0.5) is 17.1 Å². The van der Waals surface area contributed by atoms with Crippen LogP contribution in [0.15, 0.2) is 211 Å². The molecule has 3 heteroatoms. The summed E-state index contributed by atoms with van der Waals surface area (Å²) >= 11 is 0. The van der Waals surface area contributed by atoms with Crippen molar-refractivity contribution in [2.45, 2.75) is 0 Å². The first-order chi connectivity index (χ1) is 27.3. The first-order valence-corrected chi connectivity index (χ1v) is 18.8. The summed E-state index contributed by atoms with van der Waals surface area (Å²) in [5.41, 5.74) is 13.2. The van der Waals surface area contributed by atoms with Crippen molar-refractivity contribution < 1.29 is 4.42 Å². The van der Waals surface area contributed by atoms with Crippen LogP contribution in [0.25, 0.3) is 82.5 Å². The third-order valence-electron chi connectivity index (χ3n) is 11.0. The molecule has 0 saturated carbocycles. The molecular weight excluding hydrogens is 669 g/mol.